The van der Waals surface area contributed by atoms with Crippen LogP contribution in [-0.4, -0.2) is 18.1 Å². The van der Waals surface area contributed by atoms with Gasteiger partial charge in [0.25, 0.3) is 0 Å². The summed E-state index contributed by atoms with van der Waals surface area (Å²) in [5.74, 6) is -0.681. The van der Waals surface area contributed by atoms with Crippen molar-refractivity contribution < 1.29 is 9.90 Å². The van der Waals surface area contributed by atoms with Gasteiger partial charge in [0.05, 0.1) is 5.41 Å². The van der Waals surface area contributed by atoms with E-state index in [2.05, 4.69) is 38.2 Å². The average molecular weight is 247 g/mol. The van der Waals surface area contributed by atoms with Crippen molar-refractivity contribution in [2.45, 2.75) is 39.7 Å². The largest absolute Gasteiger partial charge is 0.481 e. The Bertz CT molecular complexity index is 490. The van der Waals surface area contributed by atoms with Crippen molar-refractivity contribution in [1.29, 1.82) is 0 Å². The van der Waals surface area contributed by atoms with Gasteiger partial charge in [-0.3, -0.25) is 4.79 Å². The van der Waals surface area contributed by atoms with E-state index in [1.165, 1.54) is 16.7 Å². The van der Waals surface area contributed by atoms with Crippen molar-refractivity contribution in [3.63, 3.8) is 0 Å². The van der Waals surface area contributed by atoms with E-state index in [4.69, 9.17) is 0 Å². The minimum absolute atomic E-state index is 0.0886. The molecule has 0 amide bonds. The molecule has 1 aliphatic carbocycles. The second kappa shape index (κ2) is 4.39. The zero-order chi connectivity index (χ0) is 13.5. The Morgan fingerprint density at radius 1 is 1.22 bits per heavy atom. The standard InChI is InChI=1S/C15H21NO2/c1-9-7-11(3)12(8-10(9)2)13(16-4)15(5-6-15)14(17)18/h7-8,13,16H,5-6H2,1-4H3,(H,17,18). The third-order valence-corrected chi connectivity index (χ3v) is 4.25. The Hall–Kier alpha value is -1.35. The van der Waals surface area contributed by atoms with Crippen molar-refractivity contribution in [2.24, 2.45) is 5.41 Å². The lowest BCUT2D eigenvalue weighted by Crippen LogP contribution is -2.33. The molecule has 0 bridgehead atoms. The maximum atomic E-state index is 11.5. The second-order valence-electron chi connectivity index (χ2n) is 5.48. The fourth-order valence-electron chi connectivity index (χ4n) is 2.78. The minimum Gasteiger partial charge on any atom is -0.481 e. The lowest BCUT2D eigenvalue weighted by atomic mass is 9.86. The predicted molar refractivity (Wildman–Crippen MR) is 71.8 cm³/mol. The van der Waals surface area contributed by atoms with Gasteiger partial charge in [-0.1, -0.05) is 12.1 Å². The molecule has 3 nitrogen and oxygen atoms in total. The molecule has 1 unspecified atom stereocenters. The molecule has 1 fully saturated rings. The Kier molecular flexibility index (Phi) is 3.20. The van der Waals surface area contributed by atoms with Crippen LogP contribution in [-0.2, 0) is 4.79 Å². The highest BCUT2D eigenvalue weighted by Gasteiger charge is 2.56. The first-order valence-electron chi connectivity index (χ1n) is 6.41. The summed E-state index contributed by atoms with van der Waals surface area (Å²) in [7, 11) is 1.85. The first-order chi connectivity index (χ1) is 8.42. The number of rotatable bonds is 4. The van der Waals surface area contributed by atoms with Crippen molar-refractivity contribution in [3.8, 4) is 0 Å². The third kappa shape index (κ3) is 1.93. The summed E-state index contributed by atoms with van der Waals surface area (Å²) in [6.07, 6.45) is 1.53. The van der Waals surface area contributed by atoms with E-state index in [1.807, 2.05) is 7.05 Å². The molecule has 1 aromatic rings. The number of benzene rings is 1. The molecule has 0 spiro atoms. The third-order valence-electron chi connectivity index (χ3n) is 4.25. The van der Waals surface area contributed by atoms with Crippen molar-refractivity contribution in [1.82, 2.24) is 5.32 Å². The monoisotopic (exact) mass is 247 g/mol. The van der Waals surface area contributed by atoms with Gasteiger partial charge in [0.15, 0.2) is 0 Å². The van der Waals surface area contributed by atoms with Crippen molar-refractivity contribution in [2.75, 3.05) is 7.05 Å². The van der Waals surface area contributed by atoms with Gasteiger partial charge in [-0.05, 0) is 62.9 Å². The summed E-state index contributed by atoms with van der Waals surface area (Å²) in [6.45, 7) is 6.22. The summed E-state index contributed by atoms with van der Waals surface area (Å²) in [6, 6.07) is 4.19. The van der Waals surface area contributed by atoms with Gasteiger partial charge in [-0.25, -0.2) is 0 Å². The van der Waals surface area contributed by atoms with Gasteiger partial charge < -0.3 is 10.4 Å². The highest BCUT2D eigenvalue weighted by molar-refractivity contribution is 5.79. The van der Waals surface area contributed by atoms with E-state index in [9.17, 15) is 9.90 Å². The molecular weight excluding hydrogens is 226 g/mol. The molecule has 2 rings (SSSR count). The molecule has 1 aromatic carbocycles. The van der Waals surface area contributed by atoms with E-state index in [0.717, 1.165) is 18.4 Å². The van der Waals surface area contributed by atoms with Crippen LogP contribution >= 0.6 is 0 Å². The van der Waals surface area contributed by atoms with E-state index in [-0.39, 0.29) is 6.04 Å². The second-order valence-corrected chi connectivity index (χ2v) is 5.48. The zero-order valence-electron chi connectivity index (χ0n) is 11.5. The Labute approximate surface area is 108 Å². The molecule has 0 heterocycles. The fourth-order valence-corrected chi connectivity index (χ4v) is 2.78. The van der Waals surface area contributed by atoms with E-state index in [0.29, 0.717) is 0 Å². The van der Waals surface area contributed by atoms with Crippen LogP contribution < -0.4 is 5.32 Å². The van der Waals surface area contributed by atoms with Crippen LogP contribution in [0.2, 0.25) is 0 Å². The van der Waals surface area contributed by atoms with E-state index in [1.54, 1.807) is 0 Å². The lowest BCUT2D eigenvalue weighted by molar-refractivity contribution is -0.144. The first-order valence-corrected chi connectivity index (χ1v) is 6.41. The summed E-state index contributed by atoms with van der Waals surface area (Å²) in [4.78, 5) is 11.5. The van der Waals surface area contributed by atoms with Crippen LogP contribution in [0.3, 0.4) is 0 Å². The average Bonchev–Trinajstić information content (AvgIpc) is 3.08. The molecule has 1 saturated carbocycles. The lowest BCUT2D eigenvalue weighted by Gasteiger charge is -2.26. The summed E-state index contributed by atoms with van der Waals surface area (Å²) >= 11 is 0. The highest BCUT2D eigenvalue weighted by Crippen LogP contribution is 2.55. The van der Waals surface area contributed by atoms with Gasteiger partial charge in [0.1, 0.15) is 0 Å². The minimum atomic E-state index is -0.681. The molecular formula is C15H21NO2. The van der Waals surface area contributed by atoms with E-state index >= 15 is 0 Å². The number of hydrogen-bond donors (Lipinski definition) is 2. The highest BCUT2D eigenvalue weighted by atomic mass is 16.4. The molecule has 0 saturated heterocycles. The van der Waals surface area contributed by atoms with Gasteiger partial charge in [0.2, 0.25) is 0 Å². The van der Waals surface area contributed by atoms with E-state index < -0.39 is 11.4 Å². The first kappa shape index (κ1) is 13.1. The maximum absolute atomic E-state index is 11.5. The van der Waals surface area contributed by atoms with Gasteiger partial charge >= 0.3 is 5.97 Å². The number of carboxylic acids is 1. The van der Waals surface area contributed by atoms with Crippen LogP contribution in [0.1, 0.15) is 41.1 Å². The molecule has 0 aromatic heterocycles. The number of nitrogens with one attached hydrogen (secondary N) is 1. The van der Waals surface area contributed by atoms with Gasteiger partial charge in [-0.2, -0.15) is 0 Å². The Balaban J connectivity index is 2.46. The number of carboxylic acid groups (broad SMARTS) is 1. The molecule has 1 aliphatic rings. The number of hydrogen-bond acceptors (Lipinski definition) is 2. The van der Waals surface area contributed by atoms with Gasteiger partial charge in [0, 0.05) is 6.04 Å². The Morgan fingerprint density at radius 3 is 2.22 bits per heavy atom. The predicted octanol–water partition coefficient (Wildman–Crippen LogP) is 2.74. The van der Waals surface area contributed by atoms with Crippen LogP contribution in [0.15, 0.2) is 12.1 Å². The van der Waals surface area contributed by atoms with Crippen LogP contribution in [0.4, 0.5) is 0 Å². The van der Waals surface area contributed by atoms with Gasteiger partial charge in [-0.15, -0.1) is 0 Å². The SMILES string of the molecule is CNC(c1cc(C)c(C)cc1C)C1(C(=O)O)CC1. The Morgan fingerprint density at radius 2 is 1.78 bits per heavy atom. The molecule has 3 heteroatoms. The molecule has 2 N–H and O–H groups in total. The number of carbonyl (C=O) groups is 1. The molecule has 1 atom stereocenters. The number of aryl methyl sites for hydroxylation is 3. The van der Waals surface area contributed by atoms with Crippen LogP contribution in [0, 0.1) is 26.2 Å². The normalized spacial score (nSPS) is 18.4. The zero-order valence-corrected chi connectivity index (χ0v) is 11.5. The molecule has 0 aliphatic heterocycles. The van der Waals surface area contributed by atoms with Crippen LogP contribution in [0.25, 0.3) is 0 Å². The van der Waals surface area contributed by atoms with Crippen LogP contribution in [0.5, 0.6) is 0 Å². The fraction of sp³-hybridized carbons (Fsp3) is 0.533. The van der Waals surface area contributed by atoms with Crippen molar-refractivity contribution in [3.05, 3.63) is 34.4 Å². The molecule has 98 valence electrons. The summed E-state index contributed by atoms with van der Waals surface area (Å²) < 4.78 is 0. The maximum Gasteiger partial charge on any atom is 0.311 e. The quantitative estimate of drug-likeness (QED) is 0.860. The molecule has 18 heavy (non-hydrogen) atoms. The summed E-state index contributed by atoms with van der Waals surface area (Å²) in [5, 5.41) is 12.7. The smallest absolute Gasteiger partial charge is 0.311 e. The topological polar surface area (TPSA) is 49.3 Å². The van der Waals surface area contributed by atoms with Crippen molar-refractivity contribution >= 4 is 5.97 Å². The summed E-state index contributed by atoms with van der Waals surface area (Å²) in [5.41, 5.74) is 4.18. The number of aliphatic carboxylic acids is 1. The molecule has 0 radical (unpaired) electrons.